The molecule has 0 radical (unpaired) electrons. The van der Waals surface area contributed by atoms with Gasteiger partial charge in [-0.2, -0.15) is 0 Å². The summed E-state index contributed by atoms with van der Waals surface area (Å²) in [6.07, 6.45) is 0. The minimum atomic E-state index is 0.723. The fourth-order valence-corrected chi connectivity index (χ4v) is 1.92. The molecule has 0 bridgehead atoms. The van der Waals surface area contributed by atoms with Crippen LogP contribution in [0.1, 0.15) is 12.5 Å². The van der Waals surface area contributed by atoms with Crippen LogP contribution in [0.15, 0.2) is 24.3 Å². The summed E-state index contributed by atoms with van der Waals surface area (Å²) in [6.45, 7) is 7.48. The van der Waals surface area contributed by atoms with Crippen molar-refractivity contribution in [1.82, 2.24) is 4.90 Å². The SMILES string of the molecule is CCOc1cccc(CN2CCOCC2)c1. The van der Waals surface area contributed by atoms with Crippen molar-refractivity contribution in [3.05, 3.63) is 29.8 Å². The average molecular weight is 221 g/mol. The molecule has 3 heteroatoms. The predicted molar refractivity (Wildman–Crippen MR) is 63.7 cm³/mol. The molecule has 0 saturated carbocycles. The molecular formula is C13H19NO2. The van der Waals surface area contributed by atoms with E-state index in [-0.39, 0.29) is 0 Å². The van der Waals surface area contributed by atoms with Crippen molar-refractivity contribution in [2.24, 2.45) is 0 Å². The molecule has 2 rings (SSSR count). The fourth-order valence-electron chi connectivity index (χ4n) is 1.92. The topological polar surface area (TPSA) is 21.7 Å². The number of nitrogens with zero attached hydrogens (tertiary/aromatic N) is 1. The second-order valence-corrected chi connectivity index (χ2v) is 3.97. The summed E-state index contributed by atoms with van der Waals surface area (Å²) in [4.78, 5) is 2.41. The third kappa shape index (κ3) is 3.22. The zero-order valence-corrected chi connectivity index (χ0v) is 9.82. The quantitative estimate of drug-likeness (QED) is 0.775. The average Bonchev–Trinajstić information content (AvgIpc) is 2.31. The highest BCUT2D eigenvalue weighted by Crippen LogP contribution is 2.15. The van der Waals surface area contributed by atoms with Crippen LogP contribution in [0.25, 0.3) is 0 Å². The summed E-state index contributed by atoms with van der Waals surface area (Å²) in [7, 11) is 0. The number of hydrogen-bond donors (Lipinski definition) is 0. The summed E-state index contributed by atoms with van der Waals surface area (Å²) >= 11 is 0. The van der Waals surface area contributed by atoms with Crippen LogP contribution in [0.3, 0.4) is 0 Å². The van der Waals surface area contributed by atoms with Gasteiger partial charge in [0.15, 0.2) is 0 Å². The van der Waals surface area contributed by atoms with Crippen molar-refractivity contribution < 1.29 is 9.47 Å². The minimum absolute atomic E-state index is 0.723. The van der Waals surface area contributed by atoms with Gasteiger partial charge in [-0.1, -0.05) is 12.1 Å². The Morgan fingerprint density at radius 1 is 1.31 bits per heavy atom. The molecule has 1 aromatic carbocycles. The molecule has 1 saturated heterocycles. The molecule has 0 aliphatic carbocycles. The number of hydrogen-bond acceptors (Lipinski definition) is 3. The van der Waals surface area contributed by atoms with Gasteiger partial charge in [-0.25, -0.2) is 0 Å². The van der Waals surface area contributed by atoms with Gasteiger partial charge in [-0.05, 0) is 24.6 Å². The van der Waals surface area contributed by atoms with Crippen LogP contribution in [0.4, 0.5) is 0 Å². The van der Waals surface area contributed by atoms with Crippen LogP contribution in [0.5, 0.6) is 5.75 Å². The first-order valence-electron chi connectivity index (χ1n) is 5.90. The molecular weight excluding hydrogens is 202 g/mol. The highest BCUT2D eigenvalue weighted by atomic mass is 16.5. The lowest BCUT2D eigenvalue weighted by molar-refractivity contribution is 0.0341. The second-order valence-electron chi connectivity index (χ2n) is 3.97. The van der Waals surface area contributed by atoms with E-state index in [4.69, 9.17) is 9.47 Å². The zero-order chi connectivity index (χ0) is 11.2. The van der Waals surface area contributed by atoms with Crippen LogP contribution in [-0.4, -0.2) is 37.8 Å². The van der Waals surface area contributed by atoms with Crippen LogP contribution >= 0.6 is 0 Å². The van der Waals surface area contributed by atoms with Gasteiger partial charge in [0.25, 0.3) is 0 Å². The van der Waals surface area contributed by atoms with E-state index in [1.165, 1.54) is 5.56 Å². The van der Waals surface area contributed by atoms with E-state index < -0.39 is 0 Å². The van der Waals surface area contributed by atoms with Crippen molar-refractivity contribution in [2.45, 2.75) is 13.5 Å². The number of ether oxygens (including phenoxy) is 2. The molecule has 1 aliphatic rings. The van der Waals surface area contributed by atoms with Crippen molar-refractivity contribution in [2.75, 3.05) is 32.9 Å². The third-order valence-corrected chi connectivity index (χ3v) is 2.72. The van der Waals surface area contributed by atoms with Crippen LogP contribution < -0.4 is 4.74 Å². The van der Waals surface area contributed by atoms with E-state index in [1.54, 1.807) is 0 Å². The van der Waals surface area contributed by atoms with Gasteiger partial charge in [0.05, 0.1) is 19.8 Å². The Morgan fingerprint density at radius 3 is 2.88 bits per heavy atom. The molecule has 0 unspecified atom stereocenters. The minimum Gasteiger partial charge on any atom is -0.494 e. The maximum absolute atomic E-state index is 5.49. The van der Waals surface area contributed by atoms with Gasteiger partial charge in [-0.3, -0.25) is 4.90 Å². The molecule has 1 heterocycles. The van der Waals surface area contributed by atoms with Crippen molar-refractivity contribution >= 4 is 0 Å². The molecule has 0 aromatic heterocycles. The van der Waals surface area contributed by atoms with E-state index >= 15 is 0 Å². The summed E-state index contributed by atoms with van der Waals surface area (Å²) in [5.41, 5.74) is 1.31. The van der Waals surface area contributed by atoms with Gasteiger partial charge >= 0.3 is 0 Å². The molecule has 0 amide bonds. The number of benzene rings is 1. The van der Waals surface area contributed by atoms with Crippen molar-refractivity contribution in [1.29, 1.82) is 0 Å². The Labute approximate surface area is 97.0 Å². The maximum Gasteiger partial charge on any atom is 0.119 e. The number of morpholine rings is 1. The second kappa shape index (κ2) is 5.87. The Bertz CT molecular complexity index is 321. The molecule has 1 fully saturated rings. The van der Waals surface area contributed by atoms with Crippen LogP contribution in [-0.2, 0) is 11.3 Å². The van der Waals surface area contributed by atoms with Gasteiger partial charge in [0.1, 0.15) is 5.75 Å². The highest BCUT2D eigenvalue weighted by molar-refractivity contribution is 5.28. The smallest absolute Gasteiger partial charge is 0.119 e. The lowest BCUT2D eigenvalue weighted by atomic mass is 10.2. The lowest BCUT2D eigenvalue weighted by Crippen LogP contribution is -2.35. The lowest BCUT2D eigenvalue weighted by Gasteiger charge is -2.26. The summed E-state index contributed by atoms with van der Waals surface area (Å²) in [5, 5.41) is 0. The van der Waals surface area contributed by atoms with Crippen LogP contribution in [0, 0.1) is 0 Å². The Balaban J connectivity index is 1.94. The van der Waals surface area contributed by atoms with Crippen molar-refractivity contribution in [3.8, 4) is 5.75 Å². The molecule has 1 aliphatic heterocycles. The fraction of sp³-hybridized carbons (Fsp3) is 0.538. The van der Waals surface area contributed by atoms with E-state index in [0.29, 0.717) is 0 Å². The third-order valence-electron chi connectivity index (χ3n) is 2.72. The molecule has 16 heavy (non-hydrogen) atoms. The zero-order valence-electron chi connectivity index (χ0n) is 9.82. The first kappa shape index (κ1) is 11.4. The first-order valence-corrected chi connectivity index (χ1v) is 5.90. The number of rotatable bonds is 4. The highest BCUT2D eigenvalue weighted by Gasteiger charge is 2.10. The Hall–Kier alpha value is -1.06. The Morgan fingerprint density at radius 2 is 2.12 bits per heavy atom. The normalized spacial score (nSPS) is 17.3. The van der Waals surface area contributed by atoms with Gasteiger partial charge < -0.3 is 9.47 Å². The monoisotopic (exact) mass is 221 g/mol. The molecule has 0 spiro atoms. The van der Waals surface area contributed by atoms with Gasteiger partial charge in [0.2, 0.25) is 0 Å². The summed E-state index contributed by atoms with van der Waals surface area (Å²) in [5.74, 6) is 0.966. The molecule has 0 N–H and O–H groups in total. The van der Waals surface area contributed by atoms with Crippen molar-refractivity contribution in [3.63, 3.8) is 0 Å². The molecule has 3 nitrogen and oxygen atoms in total. The van der Waals surface area contributed by atoms with E-state index in [1.807, 2.05) is 13.0 Å². The standard InChI is InChI=1S/C13H19NO2/c1-2-16-13-5-3-4-12(10-13)11-14-6-8-15-9-7-14/h3-5,10H,2,6-9,11H2,1H3. The molecule has 88 valence electrons. The predicted octanol–water partition coefficient (Wildman–Crippen LogP) is 1.92. The summed E-state index contributed by atoms with van der Waals surface area (Å²) < 4.78 is 10.8. The summed E-state index contributed by atoms with van der Waals surface area (Å²) in [6, 6.07) is 8.34. The molecule has 1 aromatic rings. The van der Waals surface area contributed by atoms with E-state index in [2.05, 4.69) is 23.1 Å². The molecule has 0 atom stereocenters. The van der Waals surface area contributed by atoms with E-state index in [0.717, 1.165) is 45.2 Å². The van der Waals surface area contributed by atoms with E-state index in [9.17, 15) is 0 Å². The largest absolute Gasteiger partial charge is 0.494 e. The van der Waals surface area contributed by atoms with Gasteiger partial charge in [0, 0.05) is 19.6 Å². The van der Waals surface area contributed by atoms with Gasteiger partial charge in [-0.15, -0.1) is 0 Å². The maximum atomic E-state index is 5.49. The first-order chi connectivity index (χ1) is 7.88. The van der Waals surface area contributed by atoms with Crippen LogP contribution in [0.2, 0.25) is 0 Å². The Kier molecular flexibility index (Phi) is 4.19.